The predicted octanol–water partition coefficient (Wildman–Crippen LogP) is 2.46. The van der Waals surface area contributed by atoms with Crippen molar-refractivity contribution < 1.29 is 4.79 Å². The largest absolute Gasteiger partial charge is 0.352 e. The highest BCUT2D eigenvalue weighted by Gasteiger charge is 2.07. The van der Waals surface area contributed by atoms with Gasteiger partial charge in [0.2, 0.25) is 0 Å². The van der Waals surface area contributed by atoms with Crippen LogP contribution in [0.4, 0.5) is 0 Å². The van der Waals surface area contributed by atoms with Crippen molar-refractivity contribution in [2.45, 2.75) is 13.3 Å². The molecule has 0 aliphatic heterocycles. The van der Waals surface area contributed by atoms with Crippen LogP contribution in [0.2, 0.25) is 0 Å². The van der Waals surface area contributed by atoms with Gasteiger partial charge in [0.05, 0.1) is 5.69 Å². The van der Waals surface area contributed by atoms with Gasteiger partial charge in [-0.05, 0) is 36.8 Å². The Labute approximate surface area is 120 Å². The first-order chi connectivity index (χ1) is 9.04. The Morgan fingerprint density at radius 3 is 2.84 bits per heavy atom. The molecule has 4 nitrogen and oxygen atoms in total. The van der Waals surface area contributed by atoms with Crippen molar-refractivity contribution in [2.24, 2.45) is 7.05 Å². The summed E-state index contributed by atoms with van der Waals surface area (Å²) < 4.78 is 2.68. The maximum absolute atomic E-state index is 12.0. The van der Waals surface area contributed by atoms with Crippen molar-refractivity contribution in [3.05, 3.63) is 51.8 Å². The highest BCUT2D eigenvalue weighted by Crippen LogP contribution is 2.15. The van der Waals surface area contributed by atoms with Crippen LogP contribution in [0.3, 0.4) is 0 Å². The first-order valence-corrected chi connectivity index (χ1v) is 6.88. The lowest BCUT2D eigenvalue weighted by Gasteiger charge is -2.06. The normalized spacial score (nSPS) is 10.5. The molecule has 0 bridgehead atoms. The summed E-state index contributed by atoms with van der Waals surface area (Å²) in [5, 5.41) is 7.17. The molecule has 1 aromatic carbocycles. The van der Waals surface area contributed by atoms with Crippen LogP contribution in [-0.4, -0.2) is 22.2 Å². The Morgan fingerprint density at radius 1 is 1.42 bits per heavy atom. The number of aryl methyl sites for hydroxylation is 2. The van der Waals surface area contributed by atoms with Gasteiger partial charge >= 0.3 is 0 Å². The zero-order valence-corrected chi connectivity index (χ0v) is 12.6. The standard InChI is InChI=1S/C14H16BrN3O/c1-10-7-11(9-12(15)8-10)14(19)16-5-3-13-4-6-18(2)17-13/h4,6-9H,3,5H2,1-2H3,(H,16,19). The number of amides is 1. The summed E-state index contributed by atoms with van der Waals surface area (Å²) in [6.07, 6.45) is 2.63. The second kappa shape index (κ2) is 6.02. The number of carbonyl (C=O) groups excluding carboxylic acids is 1. The van der Waals surface area contributed by atoms with Crippen molar-refractivity contribution in [3.8, 4) is 0 Å². The molecule has 0 saturated carbocycles. The summed E-state index contributed by atoms with van der Waals surface area (Å²) in [7, 11) is 1.88. The minimum atomic E-state index is -0.0552. The van der Waals surface area contributed by atoms with Gasteiger partial charge in [0.15, 0.2) is 0 Å². The molecule has 0 atom stereocenters. The zero-order chi connectivity index (χ0) is 13.8. The lowest BCUT2D eigenvalue weighted by Crippen LogP contribution is -2.25. The van der Waals surface area contributed by atoms with Crippen LogP contribution in [-0.2, 0) is 13.5 Å². The minimum Gasteiger partial charge on any atom is -0.352 e. The maximum Gasteiger partial charge on any atom is 0.251 e. The smallest absolute Gasteiger partial charge is 0.251 e. The number of nitrogens with one attached hydrogen (secondary N) is 1. The van der Waals surface area contributed by atoms with Crippen molar-refractivity contribution in [2.75, 3.05) is 6.54 Å². The molecular formula is C14H16BrN3O. The van der Waals surface area contributed by atoms with E-state index in [0.29, 0.717) is 12.1 Å². The quantitative estimate of drug-likeness (QED) is 0.940. The molecule has 0 aliphatic carbocycles. The summed E-state index contributed by atoms with van der Waals surface area (Å²) >= 11 is 3.40. The van der Waals surface area contributed by atoms with E-state index in [1.54, 1.807) is 4.68 Å². The molecule has 1 heterocycles. The fraction of sp³-hybridized carbons (Fsp3) is 0.286. The lowest BCUT2D eigenvalue weighted by atomic mass is 10.1. The first kappa shape index (κ1) is 13.8. The SMILES string of the molecule is Cc1cc(Br)cc(C(=O)NCCc2ccn(C)n2)c1. The Hall–Kier alpha value is -1.62. The van der Waals surface area contributed by atoms with Gasteiger partial charge in [-0.2, -0.15) is 5.10 Å². The van der Waals surface area contributed by atoms with Gasteiger partial charge in [-0.25, -0.2) is 0 Å². The van der Waals surface area contributed by atoms with Crippen LogP contribution in [0.1, 0.15) is 21.6 Å². The number of aromatic nitrogens is 2. The van der Waals surface area contributed by atoms with E-state index in [9.17, 15) is 4.79 Å². The van der Waals surface area contributed by atoms with E-state index in [0.717, 1.165) is 22.2 Å². The number of halogens is 1. The molecule has 0 fully saturated rings. The maximum atomic E-state index is 12.0. The fourth-order valence-corrected chi connectivity index (χ4v) is 2.48. The van der Waals surface area contributed by atoms with E-state index < -0.39 is 0 Å². The van der Waals surface area contributed by atoms with E-state index in [4.69, 9.17) is 0 Å². The minimum absolute atomic E-state index is 0.0552. The lowest BCUT2D eigenvalue weighted by molar-refractivity contribution is 0.0954. The van der Waals surface area contributed by atoms with Gasteiger partial charge in [-0.1, -0.05) is 15.9 Å². The molecule has 19 heavy (non-hydrogen) atoms. The molecule has 2 aromatic rings. The van der Waals surface area contributed by atoms with Crippen molar-refractivity contribution in [1.82, 2.24) is 15.1 Å². The number of benzene rings is 1. The van der Waals surface area contributed by atoms with E-state index in [1.807, 2.05) is 44.4 Å². The van der Waals surface area contributed by atoms with Crippen LogP contribution in [0.15, 0.2) is 34.9 Å². The number of hydrogen-bond acceptors (Lipinski definition) is 2. The highest BCUT2D eigenvalue weighted by molar-refractivity contribution is 9.10. The number of hydrogen-bond donors (Lipinski definition) is 1. The first-order valence-electron chi connectivity index (χ1n) is 6.08. The van der Waals surface area contributed by atoms with E-state index >= 15 is 0 Å². The van der Waals surface area contributed by atoms with Crippen LogP contribution < -0.4 is 5.32 Å². The zero-order valence-electron chi connectivity index (χ0n) is 11.0. The summed E-state index contributed by atoms with van der Waals surface area (Å²) in [4.78, 5) is 12.0. The molecule has 0 saturated heterocycles. The third kappa shape index (κ3) is 3.92. The Kier molecular flexibility index (Phi) is 4.37. The molecular weight excluding hydrogens is 306 g/mol. The average molecular weight is 322 g/mol. The molecule has 0 radical (unpaired) electrons. The molecule has 0 aliphatic rings. The van der Waals surface area contributed by atoms with Gasteiger partial charge in [-0.15, -0.1) is 0 Å². The molecule has 1 aromatic heterocycles. The number of carbonyl (C=O) groups is 1. The second-order valence-electron chi connectivity index (χ2n) is 4.50. The molecule has 1 amide bonds. The monoisotopic (exact) mass is 321 g/mol. The molecule has 0 unspecified atom stereocenters. The van der Waals surface area contributed by atoms with Crippen LogP contribution >= 0.6 is 15.9 Å². The van der Waals surface area contributed by atoms with Gasteiger partial charge in [0.1, 0.15) is 0 Å². The molecule has 100 valence electrons. The Balaban J connectivity index is 1.90. The van der Waals surface area contributed by atoms with Crippen LogP contribution in [0.25, 0.3) is 0 Å². The van der Waals surface area contributed by atoms with E-state index in [2.05, 4.69) is 26.3 Å². The van der Waals surface area contributed by atoms with E-state index in [-0.39, 0.29) is 5.91 Å². The summed E-state index contributed by atoms with van der Waals surface area (Å²) in [5.41, 5.74) is 2.71. The van der Waals surface area contributed by atoms with Gasteiger partial charge in [-0.3, -0.25) is 9.48 Å². The third-order valence-electron chi connectivity index (χ3n) is 2.74. The molecule has 0 spiro atoms. The third-order valence-corrected chi connectivity index (χ3v) is 3.20. The van der Waals surface area contributed by atoms with Crippen LogP contribution in [0, 0.1) is 6.92 Å². The second-order valence-corrected chi connectivity index (χ2v) is 5.42. The topological polar surface area (TPSA) is 46.9 Å². The van der Waals surface area contributed by atoms with Crippen LogP contribution in [0.5, 0.6) is 0 Å². The summed E-state index contributed by atoms with van der Waals surface area (Å²) in [5.74, 6) is -0.0552. The Morgan fingerprint density at radius 2 is 2.21 bits per heavy atom. The van der Waals surface area contributed by atoms with Gasteiger partial charge in [0, 0.05) is 36.2 Å². The highest BCUT2D eigenvalue weighted by atomic mass is 79.9. The molecule has 1 N–H and O–H groups in total. The van der Waals surface area contributed by atoms with Crippen molar-refractivity contribution in [3.63, 3.8) is 0 Å². The summed E-state index contributed by atoms with van der Waals surface area (Å²) in [6.45, 7) is 2.55. The van der Waals surface area contributed by atoms with Crippen molar-refractivity contribution in [1.29, 1.82) is 0 Å². The number of nitrogens with zero attached hydrogens (tertiary/aromatic N) is 2. The number of rotatable bonds is 4. The molecule has 2 rings (SSSR count). The summed E-state index contributed by atoms with van der Waals surface area (Å²) in [6, 6.07) is 7.63. The fourth-order valence-electron chi connectivity index (χ4n) is 1.87. The molecule has 5 heteroatoms. The predicted molar refractivity (Wildman–Crippen MR) is 78.1 cm³/mol. The average Bonchev–Trinajstić information content (AvgIpc) is 2.73. The van der Waals surface area contributed by atoms with E-state index in [1.165, 1.54) is 0 Å². The van der Waals surface area contributed by atoms with Crippen molar-refractivity contribution >= 4 is 21.8 Å². The van der Waals surface area contributed by atoms with Gasteiger partial charge in [0.25, 0.3) is 5.91 Å². The Bertz CT molecular complexity index is 572. The van der Waals surface area contributed by atoms with Gasteiger partial charge < -0.3 is 5.32 Å².